The number of hydrogen-bond acceptors (Lipinski definition) is 2. The molecule has 0 unspecified atom stereocenters. The maximum Gasteiger partial charge on any atom is 0.216 e. The van der Waals surface area contributed by atoms with Gasteiger partial charge in [-0.15, -0.1) is 0 Å². The summed E-state index contributed by atoms with van der Waals surface area (Å²) in [7, 11) is 0. The Balaban J connectivity index is 1.87. The van der Waals surface area contributed by atoms with E-state index in [0.29, 0.717) is 11.4 Å². The number of hydrogen-bond donors (Lipinski definition) is 0. The van der Waals surface area contributed by atoms with Gasteiger partial charge in [-0.25, -0.2) is 0 Å². The highest BCUT2D eigenvalue weighted by molar-refractivity contribution is 5.83. The summed E-state index contributed by atoms with van der Waals surface area (Å²) in [5, 5.41) is 24.3. The van der Waals surface area contributed by atoms with Crippen LogP contribution in [0, 0.1) is 10.4 Å². The van der Waals surface area contributed by atoms with E-state index in [1.54, 1.807) is 30.3 Å². The van der Waals surface area contributed by atoms with Crippen molar-refractivity contribution < 1.29 is 9.48 Å². The molecule has 4 nitrogen and oxygen atoms in total. The Kier molecular flexibility index (Phi) is 4.68. The summed E-state index contributed by atoms with van der Waals surface area (Å²) in [6, 6.07) is 25.2. The van der Waals surface area contributed by atoms with Gasteiger partial charge in [-0.3, -0.25) is 0 Å². The van der Waals surface area contributed by atoms with Crippen LogP contribution in [0.1, 0.15) is 11.1 Å². The molecule has 3 aromatic rings. The van der Waals surface area contributed by atoms with Gasteiger partial charge in [0.1, 0.15) is 0 Å². The third-order valence-corrected chi connectivity index (χ3v) is 3.46. The molecule has 4 heteroatoms. The van der Waals surface area contributed by atoms with Crippen LogP contribution in [0.25, 0.3) is 0 Å². The van der Waals surface area contributed by atoms with Crippen LogP contribution in [0.15, 0.2) is 84.9 Å². The van der Waals surface area contributed by atoms with Gasteiger partial charge in [0.15, 0.2) is 12.4 Å². The number of benzene rings is 3. The molecule has 0 bridgehead atoms. The van der Waals surface area contributed by atoms with E-state index < -0.39 is 0 Å². The molecular formula is C20H16N2O2. The van der Waals surface area contributed by atoms with E-state index in [-0.39, 0.29) is 0 Å². The molecule has 3 aromatic carbocycles. The molecule has 0 saturated carbocycles. The summed E-state index contributed by atoms with van der Waals surface area (Å²) in [6.45, 7) is 0. The third kappa shape index (κ3) is 3.87. The zero-order valence-electron chi connectivity index (χ0n) is 12.9. The van der Waals surface area contributed by atoms with Gasteiger partial charge < -0.3 is 10.4 Å². The Bertz CT molecular complexity index is 802. The fourth-order valence-electron chi connectivity index (χ4n) is 2.29. The van der Waals surface area contributed by atoms with Crippen molar-refractivity contribution in [3.8, 4) is 0 Å². The predicted octanol–water partition coefficient (Wildman–Crippen LogP) is 4.21. The maximum absolute atomic E-state index is 12.1. The van der Waals surface area contributed by atoms with Crippen LogP contribution < -0.4 is 0 Å². The van der Waals surface area contributed by atoms with Gasteiger partial charge in [-0.05, 0) is 18.2 Å². The molecule has 0 aliphatic rings. The van der Waals surface area contributed by atoms with Crippen molar-refractivity contribution in [1.82, 2.24) is 0 Å². The largest absolute Gasteiger partial charge is 0.618 e. The summed E-state index contributed by atoms with van der Waals surface area (Å²) >= 11 is 0. The molecular weight excluding hydrogens is 300 g/mol. The summed E-state index contributed by atoms with van der Waals surface area (Å²) in [4.78, 5) is 0. The van der Waals surface area contributed by atoms with Crippen LogP contribution >= 0.6 is 0 Å². The fraction of sp³-hybridized carbons (Fsp3) is 0. The first kappa shape index (κ1) is 15.5. The lowest BCUT2D eigenvalue weighted by molar-refractivity contribution is -0.354. The first-order chi connectivity index (χ1) is 11.7. The monoisotopic (exact) mass is 316 g/mol. The van der Waals surface area contributed by atoms with Crippen molar-refractivity contribution >= 4 is 23.8 Å². The molecule has 0 fully saturated rings. The number of rotatable bonds is 4. The molecule has 0 radical (unpaired) electrons. The Labute approximate surface area is 140 Å². The van der Waals surface area contributed by atoms with Crippen molar-refractivity contribution in [1.29, 1.82) is 0 Å². The van der Waals surface area contributed by atoms with Crippen LogP contribution in [0.3, 0.4) is 0 Å². The summed E-state index contributed by atoms with van der Waals surface area (Å²) in [5.74, 6) is 0. The number of nitrogens with zero attached hydrogens (tertiary/aromatic N) is 2. The van der Waals surface area contributed by atoms with Crippen molar-refractivity contribution in [2.45, 2.75) is 0 Å². The van der Waals surface area contributed by atoms with Gasteiger partial charge in [-0.1, -0.05) is 42.5 Å². The second-order valence-electron chi connectivity index (χ2n) is 5.25. The SMILES string of the molecule is [O-][N+](=Cc1cccc(/C=[N+](\[O-])c2ccccc2)c1)c1ccccc1. The fourth-order valence-corrected chi connectivity index (χ4v) is 2.29. The van der Waals surface area contributed by atoms with Crippen molar-refractivity contribution in [2.24, 2.45) is 0 Å². The van der Waals surface area contributed by atoms with E-state index in [1.807, 2.05) is 54.6 Å². The molecule has 0 N–H and O–H groups in total. The lowest BCUT2D eigenvalue weighted by atomic mass is 10.1. The van der Waals surface area contributed by atoms with Gasteiger partial charge >= 0.3 is 0 Å². The summed E-state index contributed by atoms with van der Waals surface area (Å²) < 4.78 is 1.62. The number of para-hydroxylation sites is 2. The minimum Gasteiger partial charge on any atom is -0.618 e. The Morgan fingerprint density at radius 3 is 1.38 bits per heavy atom. The molecule has 0 aromatic heterocycles. The smallest absolute Gasteiger partial charge is 0.216 e. The molecule has 0 aliphatic heterocycles. The van der Waals surface area contributed by atoms with Gasteiger partial charge in [0.2, 0.25) is 11.4 Å². The van der Waals surface area contributed by atoms with E-state index in [4.69, 9.17) is 0 Å². The van der Waals surface area contributed by atoms with Crippen LogP contribution in [0.5, 0.6) is 0 Å². The lowest BCUT2D eigenvalue weighted by Gasteiger charge is -2.04. The van der Waals surface area contributed by atoms with E-state index >= 15 is 0 Å². The van der Waals surface area contributed by atoms with Crippen LogP contribution in [-0.2, 0) is 0 Å². The molecule has 3 rings (SSSR count). The molecule has 0 atom stereocenters. The average molecular weight is 316 g/mol. The highest BCUT2D eigenvalue weighted by atomic mass is 16.5. The standard InChI is InChI=1S/C20H16N2O2/c23-21(19-10-3-1-4-11-19)15-17-8-7-9-18(14-17)16-22(24)20-12-5-2-6-13-20/h1-16H/b21-15-,22-16?. The van der Waals surface area contributed by atoms with Crippen LogP contribution in [0.4, 0.5) is 11.4 Å². The Morgan fingerprint density at radius 2 is 0.958 bits per heavy atom. The average Bonchev–Trinajstić information content (AvgIpc) is 2.63. The quantitative estimate of drug-likeness (QED) is 0.313. The third-order valence-electron chi connectivity index (χ3n) is 3.46. The first-order valence-corrected chi connectivity index (χ1v) is 7.55. The predicted molar refractivity (Wildman–Crippen MR) is 96.2 cm³/mol. The van der Waals surface area contributed by atoms with Crippen molar-refractivity contribution in [2.75, 3.05) is 0 Å². The second-order valence-corrected chi connectivity index (χ2v) is 5.25. The minimum absolute atomic E-state index is 0.557. The minimum atomic E-state index is 0.557. The maximum atomic E-state index is 12.1. The van der Waals surface area contributed by atoms with E-state index in [9.17, 15) is 10.4 Å². The highest BCUT2D eigenvalue weighted by Crippen LogP contribution is 2.11. The topological polar surface area (TPSA) is 52.1 Å². The molecule has 0 heterocycles. The Morgan fingerprint density at radius 1 is 0.542 bits per heavy atom. The zero-order valence-corrected chi connectivity index (χ0v) is 12.9. The van der Waals surface area contributed by atoms with Gasteiger partial charge in [0.25, 0.3) is 0 Å². The molecule has 0 amide bonds. The normalized spacial score (nSPS) is 12.2. The molecule has 24 heavy (non-hydrogen) atoms. The molecule has 0 aliphatic carbocycles. The Hall–Kier alpha value is -3.40. The van der Waals surface area contributed by atoms with Crippen molar-refractivity contribution in [3.63, 3.8) is 0 Å². The zero-order chi connectivity index (χ0) is 16.8. The van der Waals surface area contributed by atoms with Gasteiger partial charge in [0.05, 0.1) is 0 Å². The van der Waals surface area contributed by atoms with E-state index in [2.05, 4.69) is 0 Å². The van der Waals surface area contributed by atoms with Gasteiger partial charge in [0, 0.05) is 35.4 Å². The highest BCUT2D eigenvalue weighted by Gasteiger charge is 2.04. The lowest BCUT2D eigenvalue weighted by Crippen LogP contribution is -2.01. The summed E-state index contributed by atoms with van der Waals surface area (Å²) in [6.07, 6.45) is 2.98. The van der Waals surface area contributed by atoms with Crippen molar-refractivity contribution in [3.05, 3.63) is 106 Å². The first-order valence-electron chi connectivity index (χ1n) is 7.55. The van der Waals surface area contributed by atoms with E-state index in [0.717, 1.165) is 20.6 Å². The molecule has 118 valence electrons. The second kappa shape index (κ2) is 7.24. The van der Waals surface area contributed by atoms with Crippen LogP contribution in [0.2, 0.25) is 0 Å². The molecule has 0 saturated heterocycles. The summed E-state index contributed by atoms with van der Waals surface area (Å²) in [5.41, 5.74) is 2.57. The van der Waals surface area contributed by atoms with E-state index in [1.165, 1.54) is 12.4 Å². The van der Waals surface area contributed by atoms with Gasteiger partial charge in [-0.2, -0.15) is 9.48 Å². The van der Waals surface area contributed by atoms with Crippen LogP contribution in [-0.4, -0.2) is 21.9 Å². The molecule has 0 spiro atoms.